The average Bonchev–Trinajstić information content (AvgIpc) is 2.32. The highest BCUT2D eigenvalue weighted by molar-refractivity contribution is 9.10. The molecule has 2 nitrogen and oxygen atoms in total. The van der Waals surface area contributed by atoms with Crippen LogP contribution >= 0.6 is 27.7 Å². The van der Waals surface area contributed by atoms with Crippen molar-refractivity contribution in [2.24, 2.45) is 0 Å². The van der Waals surface area contributed by atoms with Gasteiger partial charge in [0.1, 0.15) is 10.1 Å². The molecule has 0 aliphatic carbocycles. The van der Waals surface area contributed by atoms with Crippen molar-refractivity contribution in [1.29, 1.82) is 0 Å². The third-order valence-corrected chi connectivity index (χ3v) is 3.77. The molecule has 0 aliphatic rings. The highest BCUT2D eigenvalue weighted by Crippen LogP contribution is 2.32. The minimum atomic E-state index is -4.36. The molecule has 0 radical (unpaired) electrons. The van der Waals surface area contributed by atoms with Crippen LogP contribution in [0.5, 0.6) is 0 Å². The SMILES string of the molecule is Cc1cc(Br)cnc1Sc1ccc(C(F)(F)F)cn1. The summed E-state index contributed by atoms with van der Waals surface area (Å²) >= 11 is 4.53. The quantitative estimate of drug-likeness (QED) is 0.785. The molecule has 0 amide bonds. The molecule has 0 spiro atoms. The number of alkyl halides is 3. The van der Waals surface area contributed by atoms with Gasteiger partial charge in [-0.15, -0.1) is 0 Å². The lowest BCUT2D eigenvalue weighted by atomic mass is 10.3. The molecule has 100 valence electrons. The second-order valence-corrected chi connectivity index (χ2v) is 5.69. The van der Waals surface area contributed by atoms with Crippen molar-refractivity contribution in [3.63, 3.8) is 0 Å². The Kier molecular flexibility index (Phi) is 4.15. The van der Waals surface area contributed by atoms with Gasteiger partial charge in [-0.2, -0.15) is 13.2 Å². The van der Waals surface area contributed by atoms with Gasteiger partial charge in [-0.05, 0) is 58.4 Å². The minimum absolute atomic E-state index is 0.478. The molecule has 2 aromatic heterocycles. The van der Waals surface area contributed by atoms with Crippen LogP contribution < -0.4 is 0 Å². The van der Waals surface area contributed by atoms with Crippen LogP contribution in [0.1, 0.15) is 11.1 Å². The summed E-state index contributed by atoms with van der Waals surface area (Å²) in [7, 11) is 0. The molecular formula is C12H8BrF3N2S. The van der Waals surface area contributed by atoms with Crippen LogP contribution in [-0.4, -0.2) is 9.97 Å². The zero-order valence-electron chi connectivity index (χ0n) is 9.70. The Bertz CT molecular complexity index is 585. The fourth-order valence-electron chi connectivity index (χ4n) is 1.34. The third-order valence-electron chi connectivity index (χ3n) is 2.26. The molecule has 7 heteroatoms. The zero-order chi connectivity index (χ0) is 14.0. The van der Waals surface area contributed by atoms with E-state index < -0.39 is 11.7 Å². The molecular weight excluding hydrogens is 341 g/mol. The number of aromatic nitrogens is 2. The fourth-order valence-corrected chi connectivity index (χ4v) is 2.55. The summed E-state index contributed by atoms with van der Waals surface area (Å²) in [6.07, 6.45) is -1.89. The molecule has 19 heavy (non-hydrogen) atoms. The first-order valence-corrected chi connectivity index (χ1v) is 6.80. The predicted octanol–water partition coefficient (Wildman–Crippen LogP) is 4.72. The average molecular weight is 349 g/mol. The first kappa shape index (κ1) is 14.3. The van der Waals surface area contributed by atoms with E-state index in [-0.39, 0.29) is 0 Å². The summed E-state index contributed by atoms with van der Waals surface area (Å²) in [5, 5.41) is 1.20. The van der Waals surface area contributed by atoms with Gasteiger partial charge in [0.2, 0.25) is 0 Å². The van der Waals surface area contributed by atoms with Gasteiger partial charge >= 0.3 is 6.18 Å². The lowest BCUT2D eigenvalue weighted by molar-refractivity contribution is -0.137. The molecule has 2 rings (SSSR count). The molecule has 0 bridgehead atoms. The normalized spacial score (nSPS) is 11.6. The van der Waals surface area contributed by atoms with Crippen LogP contribution in [0.15, 0.2) is 45.1 Å². The number of nitrogens with zero attached hydrogens (tertiary/aromatic N) is 2. The van der Waals surface area contributed by atoms with E-state index in [0.29, 0.717) is 5.03 Å². The number of hydrogen-bond donors (Lipinski definition) is 0. The summed E-state index contributed by atoms with van der Waals surface area (Å²) in [6.45, 7) is 1.88. The maximum atomic E-state index is 12.4. The second-order valence-electron chi connectivity index (χ2n) is 3.76. The largest absolute Gasteiger partial charge is 0.417 e. The highest BCUT2D eigenvalue weighted by Gasteiger charge is 2.30. The van der Waals surface area contributed by atoms with E-state index in [1.807, 2.05) is 13.0 Å². The summed E-state index contributed by atoms with van der Waals surface area (Å²) < 4.78 is 38.0. The Labute approximate surface area is 120 Å². The van der Waals surface area contributed by atoms with Gasteiger partial charge in [-0.3, -0.25) is 0 Å². The van der Waals surface area contributed by atoms with Crippen molar-refractivity contribution < 1.29 is 13.2 Å². The Morgan fingerprint density at radius 3 is 2.42 bits per heavy atom. The highest BCUT2D eigenvalue weighted by atomic mass is 79.9. The van der Waals surface area contributed by atoms with Gasteiger partial charge in [0.05, 0.1) is 5.56 Å². The predicted molar refractivity (Wildman–Crippen MR) is 70.0 cm³/mol. The number of halogens is 4. The van der Waals surface area contributed by atoms with E-state index in [4.69, 9.17) is 0 Å². The molecule has 2 heterocycles. The number of rotatable bonds is 2. The molecule has 0 fully saturated rings. The summed E-state index contributed by atoms with van der Waals surface area (Å²) in [5.41, 5.74) is 0.179. The summed E-state index contributed by atoms with van der Waals surface area (Å²) in [5.74, 6) is 0. The molecule has 2 aromatic rings. The van der Waals surface area contributed by atoms with Gasteiger partial charge in [0, 0.05) is 16.9 Å². The van der Waals surface area contributed by atoms with Gasteiger partial charge in [0.25, 0.3) is 0 Å². The van der Waals surface area contributed by atoms with Crippen molar-refractivity contribution in [2.75, 3.05) is 0 Å². The molecule has 0 N–H and O–H groups in total. The molecule has 0 aromatic carbocycles. The van der Waals surface area contributed by atoms with Gasteiger partial charge < -0.3 is 0 Å². The first-order valence-electron chi connectivity index (χ1n) is 5.19. The van der Waals surface area contributed by atoms with Gasteiger partial charge in [0.15, 0.2) is 0 Å². The Balaban J connectivity index is 2.20. The van der Waals surface area contributed by atoms with Crippen molar-refractivity contribution in [2.45, 2.75) is 23.2 Å². The lowest BCUT2D eigenvalue weighted by Gasteiger charge is -2.07. The van der Waals surface area contributed by atoms with Crippen LogP contribution in [0.4, 0.5) is 13.2 Å². The van der Waals surface area contributed by atoms with Gasteiger partial charge in [-0.1, -0.05) is 0 Å². The van der Waals surface area contributed by atoms with E-state index in [9.17, 15) is 13.2 Å². The minimum Gasteiger partial charge on any atom is -0.249 e. The lowest BCUT2D eigenvalue weighted by Crippen LogP contribution is -2.05. The van der Waals surface area contributed by atoms with E-state index in [2.05, 4.69) is 25.9 Å². The molecule has 0 atom stereocenters. The Morgan fingerprint density at radius 1 is 1.16 bits per heavy atom. The summed E-state index contributed by atoms with van der Waals surface area (Å²) in [4.78, 5) is 7.99. The number of aryl methyl sites for hydroxylation is 1. The van der Waals surface area contributed by atoms with Crippen LogP contribution in [0.2, 0.25) is 0 Å². The van der Waals surface area contributed by atoms with Crippen molar-refractivity contribution in [3.8, 4) is 0 Å². The topological polar surface area (TPSA) is 25.8 Å². The van der Waals surface area contributed by atoms with Gasteiger partial charge in [-0.25, -0.2) is 9.97 Å². The van der Waals surface area contributed by atoms with Crippen LogP contribution in [0.3, 0.4) is 0 Å². The van der Waals surface area contributed by atoms with Crippen LogP contribution in [0, 0.1) is 6.92 Å². The van der Waals surface area contributed by atoms with Crippen molar-refractivity contribution in [1.82, 2.24) is 9.97 Å². The van der Waals surface area contributed by atoms with Crippen molar-refractivity contribution >= 4 is 27.7 Å². The van der Waals surface area contributed by atoms with Crippen molar-refractivity contribution in [3.05, 3.63) is 46.2 Å². The van der Waals surface area contributed by atoms with E-state index in [1.54, 1.807) is 6.20 Å². The second kappa shape index (κ2) is 5.50. The fraction of sp³-hybridized carbons (Fsp3) is 0.167. The first-order chi connectivity index (χ1) is 8.86. The molecule has 0 unspecified atom stereocenters. The smallest absolute Gasteiger partial charge is 0.249 e. The zero-order valence-corrected chi connectivity index (χ0v) is 12.1. The number of pyridine rings is 2. The monoisotopic (exact) mass is 348 g/mol. The Hall–Kier alpha value is -1.08. The summed E-state index contributed by atoms with van der Waals surface area (Å²) in [6, 6.07) is 4.25. The van der Waals surface area contributed by atoms with Crippen LogP contribution in [0.25, 0.3) is 0 Å². The molecule has 0 saturated carbocycles. The third kappa shape index (κ3) is 3.70. The van der Waals surface area contributed by atoms with E-state index >= 15 is 0 Å². The Morgan fingerprint density at radius 2 is 1.89 bits per heavy atom. The maximum Gasteiger partial charge on any atom is 0.417 e. The standard InChI is InChI=1S/C12H8BrF3N2S/c1-7-4-9(13)6-18-11(7)19-10-3-2-8(5-17-10)12(14,15)16/h2-6H,1H3. The maximum absolute atomic E-state index is 12.4. The molecule has 0 saturated heterocycles. The van der Waals surface area contributed by atoms with E-state index in [1.165, 1.54) is 17.8 Å². The molecule has 0 aliphatic heterocycles. The van der Waals surface area contributed by atoms with E-state index in [0.717, 1.165) is 27.3 Å². The number of hydrogen-bond acceptors (Lipinski definition) is 3. The van der Waals surface area contributed by atoms with Crippen LogP contribution in [-0.2, 0) is 6.18 Å².